The summed E-state index contributed by atoms with van der Waals surface area (Å²) >= 11 is 5.89. The molecule has 0 aromatic heterocycles. The average Bonchev–Trinajstić information content (AvgIpc) is 2.45. The molecule has 0 aliphatic carbocycles. The van der Waals surface area contributed by atoms with Crippen LogP contribution in [0.5, 0.6) is 0 Å². The number of ether oxygens (including phenoxy) is 1. The first-order valence-electron chi connectivity index (χ1n) is 6.91. The van der Waals surface area contributed by atoms with Crippen molar-refractivity contribution in [2.45, 2.75) is 19.9 Å². The van der Waals surface area contributed by atoms with E-state index in [0.717, 1.165) is 43.7 Å². The lowest BCUT2D eigenvalue weighted by atomic mass is 10.2. The number of guanidine groups is 1. The van der Waals surface area contributed by atoms with Gasteiger partial charge in [-0.1, -0.05) is 23.7 Å². The fraction of sp³-hybridized carbons (Fsp3) is 0.533. The van der Waals surface area contributed by atoms with E-state index >= 15 is 0 Å². The zero-order chi connectivity index (χ0) is 14.8. The van der Waals surface area contributed by atoms with E-state index in [4.69, 9.17) is 16.3 Å². The first kappa shape index (κ1) is 20.5. The Morgan fingerprint density at radius 1 is 1.33 bits per heavy atom. The lowest BCUT2D eigenvalue weighted by Gasteiger charge is -2.22. The van der Waals surface area contributed by atoms with Gasteiger partial charge in [0.05, 0.1) is 0 Å². The molecule has 21 heavy (non-hydrogen) atoms. The van der Waals surface area contributed by atoms with Crippen molar-refractivity contribution in [2.75, 3.05) is 33.9 Å². The van der Waals surface area contributed by atoms with Gasteiger partial charge in [-0.25, -0.2) is 0 Å². The number of nitrogens with one attached hydrogen (secondary N) is 1. The third kappa shape index (κ3) is 8.48. The minimum Gasteiger partial charge on any atom is -0.382 e. The molecular formula is C15H25ClIN3O. The Morgan fingerprint density at radius 3 is 2.57 bits per heavy atom. The highest BCUT2D eigenvalue weighted by Gasteiger charge is 2.05. The molecule has 1 aromatic carbocycles. The summed E-state index contributed by atoms with van der Waals surface area (Å²) in [5.74, 6) is 0.886. The molecular weight excluding hydrogens is 401 g/mol. The van der Waals surface area contributed by atoms with E-state index in [9.17, 15) is 0 Å². The molecule has 0 spiro atoms. The van der Waals surface area contributed by atoms with Crippen molar-refractivity contribution in [1.29, 1.82) is 0 Å². The number of benzene rings is 1. The molecule has 0 atom stereocenters. The predicted molar refractivity (Wildman–Crippen MR) is 101 cm³/mol. The lowest BCUT2D eigenvalue weighted by molar-refractivity contribution is 0.145. The van der Waals surface area contributed by atoms with E-state index in [0.29, 0.717) is 0 Å². The number of halogens is 2. The maximum absolute atomic E-state index is 5.89. The molecule has 0 unspecified atom stereocenters. The molecule has 120 valence electrons. The first-order chi connectivity index (χ1) is 9.67. The van der Waals surface area contributed by atoms with Crippen molar-refractivity contribution in [3.05, 3.63) is 34.9 Å². The quantitative estimate of drug-likeness (QED) is 0.315. The fourth-order valence-corrected chi connectivity index (χ4v) is 1.97. The number of rotatable bonds is 7. The van der Waals surface area contributed by atoms with Gasteiger partial charge in [-0.3, -0.25) is 4.99 Å². The summed E-state index contributed by atoms with van der Waals surface area (Å²) in [7, 11) is 3.82. The SMILES string of the molecule is CCOCCCNC(=NC)N(C)Cc1ccc(Cl)cc1.I. The van der Waals surface area contributed by atoms with Crippen LogP contribution in [-0.2, 0) is 11.3 Å². The Bertz CT molecular complexity index is 412. The smallest absolute Gasteiger partial charge is 0.193 e. The molecule has 0 aliphatic rings. The molecule has 0 fully saturated rings. The van der Waals surface area contributed by atoms with Crippen LogP contribution in [0.4, 0.5) is 0 Å². The molecule has 1 rings (SSSR count). The van der Waals surface area contributed by atoms with Crippen LogP contribution in [0.3, 0.4) is 0 Å². The Kier molecular flexibility index (Phi) is 11.8. The second-order valence-corrected chi connectivity index (χ2v) is 4.94. The Morgan fingerprint density at radius 2 is 2.00 bits per heavy atom. The van der Waals surface area contributed by atoms with Crippen LogP contribution in [0.2, 0.25) is 5.02 Å². The summed E-state index contributed by atoms with van der Waals surface area (Å²) in [4.78, 5) is 6.37. The van der Waals surface area contributed by atoms with Crippen molar-refractivity contribution >= 4 is 41.5 Å². The van der Waals surface area contributed by atoms with Crippen molar-refractivity contribution in [2.24, 2.45) is 4.99 Å². The highest BCUT2D eigenvalue weighted by Crippen LogP contribution is 2.10. The van der Waals surface area contributed by atoms with Crippen LogP contribution in [0.25, 0.3) is 0 Å². The normalized spacial score (nSPS) is 11.0. The molecule has 1 N–H and O–H groups in total. The number of nitrogens with zero attached hydrogens (tertiary/aromatic N) is 2. The van der Waals surface area contributed by atoms with Crippen molar-refractivity contribution in [1.82, 2.24) is 10.2 Å². The van der Waals surface area contributed by atoms with Gasteiger partial charge in [-0.05, 0) is 31.0 Å². The topological polar surface area (TPSA) is 36.9 Å². The monoisotopic (exact) mass is 425 g/mol. The molecule has 4 nitrogen and oxygen atoms in total. The van der Waals surface area contributed by atoms with Crippen LogP contribution in [0.1, 0.15) is 18.9 Å². The maximum atomic E-state index is 5.89. The Hall–Kier alpha value is -0.530. The van der Waals surface area contributed by atoms with Gasteiger partial charge < -0.3 is 15.0 Å². The first-order valence-corrected chi connectivity index (χ1v) is 7.29. The summed E-state index contributed by atoms with van der Waals surface area (Å²) in [6.45, 7) is 5.21. The zero-order valence-electron chi connectivity index (χ0n) is 12.9. The van der Waals surface area contributed by atoms with E-state index < -0.39 is 0 Å². The molecule has 0 saturated heterocycles. The van der Waals surface area contributed by atoms with Crippen LogP contribution in [-0.4, -0.2) is 44.7 Å². The largest absolute Gasteiger partial charge is 0.382 e. The summed E-state index contributed by atoms with van der Waals surface area (Å²) < 4.78 is 5.31. The standard InChI is InChI=1S/C15H24ClN3O.HI/c1-4-20-11-5-10-18-15(17-2)19(3)12-13-6-8-14(16)9-7-13;/h6-9H,4-5,10-12H2,1-3H3,(H,17,18);1H. The molecule has 0 amide bonds. The van der Waals surface area contributed by atoms with E-state index in [2.05, 4.69) is 15.2 Å². The minimum atomic E-state index is 0. The summed E-state index contributed by atoms with van der Waals surface area (Å²) in [5, 5.41) is 4.09. The van der Waals surface area contributed by atoms with Crippen LogP contribution in [0.15, 0.2) is 29.3 Å². The van der Waals surface area contributed by atoms with E-state index in [-0.39, 0.29) is 24.0 Å². The van der Waals surface area contributed by atoms with E-state index in [1.54, 1.807) is 7.05 Å². The molecule has 1 aromatic rings. The molecule has 0 radical (unpaired) electrons. The third-order valence-corrected chi connectivity index (χ3v) is 3.11. The maximum Gasteiger partial charge on any atom is 0.193 e. The van der Waals surface area contributed by atoms with Gasteiger partial charge in [0.25, 0.3) is 0 Å². The van der Waals surface area contributed by atoms with Crippen LogP contribution < -0.4 is 5.32 Å². The summed E-state index contributed by atoms with van der Waals surface area (Å²) in [6.07, 6.45) is 0.974. The lowest BCUT2D eigenvalue weighted by Crippen LogP contribution is -2.39. The average molecular weight is 426 g/mol. The van der Waals surface area contributed by atoms with E-state index in [1.807, 2.05) is 38.2 Å². The highest BCUT2D eigenvalue weighted by atomic mass is 127. The van der Waals surface area contributed by atoms with Crippen LogP contribution in [0, 0.1) is 0 Å². The van der Waals surface area contributed by atoms with Gasteiger partial charge >= 0.3 is 0 Å². The van der Waals surface area contributed by atoms with Gasteiger partial charge in [-0.2, -0.15) is 0 Å². The van der Waals surface area contributed by atoms with Crippen LogP contribution >= 0.6 is 35.6 Å². The molecule has 0 heterocycles. The number of hydrogen-bond donors (Lipinski definition) is 1. The van der Waals surface area contributed by atoms with Gasteiger partial charge in [0.15, 0.2) is 5.96 Å². The third-order valence-electron chi connectivity index (χ3n) is 2.86. The molecule has 0 saturated carbocycles. The van der Waals surface area contributed by atoms with Crippen molar-refractivity contribution in [3.8, 4) is 0 Å². The van der Waals surface area contributed by atoms with Gasteiger partial charge in [0, 0.05) is 45.4 Å². The predicted octanol–water partition coefficient (Wildman–Crippen LogP) is 3.39. The van der Waals surface area contributed by atoms with Gasteiger partial charge in [0.2, 0.25) is 0 Å². The van der Waals surface area contributed by atoms with Crippen molar-refractivity contribution < 1.29 is 4.74 Å². The van der Waals surface area contributed by atoms with Gasteiger partial charge in [0.1, 0.15) is 0 Å². The minimum absolute atomic E-state index is 0. The van der Waals surface area contributed by atoms with Crippen molar-refractivity contribution in [3.63, 3.8) is 0 Å². The zero-order valence-corrected chi connectivity index (χ0v) is 16.0. The summed E-state index contributed by atoms with van der Waals surface area (Å²) in [5.41, 5.74) is 1.20. The molecule has 6 heteroatoms. The molecule has 0 aliphatic heterocycles. The Balaban J connectivity index is 0.00000400. The molecule has 0 bridgehead atoms. The fourth-order valence-electron chi connectivity index (χ4n) is 1.84. The number of hydrogen-bond acceptors (Lipinski definition) is 2. The van der Waals surface area contributed by atoms with E-state index in [1.165, 1.54) is 5.56 Å². The second-order valence-electron chi connectivity index (χ2n) is 4.51. The van der Waals surface area contributed by atoms with Gasteiger partial charge in [-0.15, -0.1) is 24.0 Å². The second kappa shape index (κ2) is 12.1. The highest BCUT2D eigenvalue weighted by molar-refractivity contribution is 14.0. The summed E-state index contributed by atoms with van der Waals surface area (Å²) in [6, 6.07) is 7.87. The number of aliphatic imine (C=N–C) groups is 1. The Labute approximate surface area is 149 Å².